The molecule has 0 saturated heterocycles. The zero-order valence-corrected chi connectivity index (χ0v) is 18.6. The van der Waals surface area contributed by atoms with Gasteiger partial charge in [0.1, 0.15) is 18.5 Å². The maximum absolute atomic E-state index is 12.8. The van der Waals surface area contributed by atoms with Crippen molar-refractivity contribution in [3.8, 4) is 5.75 Å². The number of rotatable bonds is 11. The van der Waals surface area contributed by atoms with Crippen molar-refractivity contribution in [3.63, 3.8) is 0 Å². The van der Waals surface area contributed by atoms with E-state index in [4.69, 9.17) is 19.8 Å². The van der Waals surface area contributed by atoms with Crippen molar-refractivity contribution in [2.75, 3.05) is 18.5 Å². The van der Waals surface area contributed by atoms with Crippen molar-refractivity contribution in [2.24, 2.45) is 0 Å². The number of aliphatic hydroxyl groups excluding tert-OH is 1. The molecule has 0 aliphatic carbocycles. The van der Waals surface area contributed by atoms with Crippen molar-refractivity contribution >= 4 is 28.5 Å². The number of carbonyl (C=O) groups excluding carboxylic acids is 2. The molecule has 3 aromatic rings. The van der Waals surface area contributed by atoms with Gasteiger partial charge in [-0.2, -0.15) is 0 Å². The molecule has 34 heavy (non-hydrogen) atoms. The Morgan fingerprint density at radius 1 is 1.03 bits per heavy atom. The topological polar surface area (TPSA) is 117 Å². The molecule has 0 aliphatic rings. The second-order valence-corrected chi connectivity index (χ2v) is 7.50. The maximum Gasteiger partial charge on any atom is 0.412 e. The first-order valence-electron chi connectivity index (χ1n) is 11.0. The second kappa shape index (κ2) is 13.0. The number of hydrogen-bond donors (Lipinski definition) is 4. The van der Waals surface area contributed by atoms with Gasteiger partial charge in [-0.25, -0.2) is 10.3 Å². The Labute approximate surface area is 197 Å². The van der Waals surface area contributed by atoms with Gasteiger partial charge in [0.15, 0.2) is 0 Å². The summed E-state index contributed by atoms with van der Waals surface area (Å²) in [5, 5.41) is 22.3. The van der Waals surface area contributed by atoms with Gasteiger partial charge in [-0.15, -0.1) is 0 Å². The normalized spacial score (nSPS) is 11.8. The molecule has 0 radical (unpaired) electrons. The van der Waals surface area contributed by atoms with Crippen LogP contribution >= 0.6 is 0 Å². The highest BCUT2D eigenvalue weighted by molar-refractivity contribution is 6.00. The lowest BCUT2D eigenvalue weighted by molar-refractivity contribution is -0.124. The number of carbonyl (C=O) groups is 2. The third-order valence-electron chi connectivity index (χ3n) is 5.08. The van der Waals surface area contributed by atoms with Gasteiger partial charge >= 0.3 is 6.09 Å². The Morgan fingerprint density at radius 2 is 1.82 bits per heavy atom. The molecule has 0 unspecified atom stereocenters. The Hall–Kier alpha value is -3.88. The summed E-state index contributed by atoms with van der Waals surface area (Å²) in [6, 6.07) is 20.6. The molecule has 178 valence electrons. The van der Waals surface area contributed by atoms with Crippen LogP contribution in [0, 0.1) is 0 Å². The molecule has 3 aromatic carbocycles. The minimum absolute atomic E-state index is 0.106. The van der Waals surface area contributed by atoms with Crippen molar-refractivity contribution in [2.45, 2.75) is 25.4 Å². The van der Waals surface area contributed by atoms with E-state index < -0.39 is 18.1 Å². The van der Waals surface area contributed by atoms with Crippen LogP contribution in [0.2, 0.25) is 0 Å². The number of aliphatic hydroxyl groups is 1. The zero-order valence-electron chi connectivity index (χ0n) is 18.6. The summed E-state index contributed by atoms with van der Waals surface area (Å²) >= 11 is 0. The fraction of sp³-hybridized carbons (Fsp3) is 0.231. The molecule has 2 amide bonds. The van der Waals surface area contributed by atoms with E-state index in [0.29, 0.717) is 30.7 Å². The van der Waals surface area contributed by atoms with Crippen LogP contribution in [0.5, 0.6) is 5.75 Å². The first kappa shape index (κ1) is 24.8. The van der Waals surface area contributed by atoms with E-state index >= 15 is 0 Å². The first-order valence-corrected chi connectivity index (χ1v) is 11.0. The summed E-state index contributed by atoms with van der Waals surface area (Å²) in [4.78, 5) is 23.9. The summed E-state index contributed by atoms with van der Waals surface area (Å²) in [6.07, 6.45) is 3.41. The van der Waals surface area contributed by atoms with Gasteiger partial charge in [-0.3, -0.25) is 15.3 Å². The van der Waals surface area contributed by atoms with Crippen LogP contribution in [0.25, 0.3) is 10.8 Å². The Morgan fingerprint density at radius 3 is 2.65 bits per heavy atom. The lowest BCUT2D eigenvalue weighted by Gasteiger charge is -2.20. The van der Waals surface area contributed by atoms with E-state index in [0.717, 1.165) is 16.3 Å². The van der Waals surface area contributed by atoms with Gasteiger partial charge in [0.2, 0.25) is 0 Å². The first-order chi connectivity index (χ1) is 16.6. The highest BCUT2D eigenvalue weighted by atomic mass is 16.6. The number of allylic oxidation sites excluding steroid dienone is 1. The average molecular weight is 465 g/mol. The highest BCUT2D eigenvalue weighted by Gasteiger charge is 2.18. The van der Waals surface area contributed by atoms with E-state index in [-0.39, 0.29) is 13.2 Å². The molecule has 4 N–H and O–H groups in total. The molecular weight excluding hydrogens is 436 g/mol. The largest absolute Gasteiger partial charge is 0.491 e. The number of benzene rings is 3. The number of hydroxylamine groups is 1. The van der Waals surface area contributed by atoms with E-state index in [1.165, 1.54) is 6.08 Å². The molecule has 8 nitrogen and oxygen atoms in total. The third kappa shape index (κ3) is 7.33. The summed E-state index contributed by atoms with van der Waals surface area (Å²) < 4.78 is 11.3. The lowest BCUT2D eigenvalue weighted by Crippen LogP contribution is -2.18. The van der Waals surface area contributed by atoms with Crippen molar-refractivity contribution < 1.29 is 29.4 Å². The fourth-order valence-corrected chi connectivity index (χ4v) is 3.51. The minimum atomic E-state index is -0.601. The minimum Gasteiger partial charge on any atom is -0.491 e. The van der Waals surface area contributed by atoms with E-state index in [1.54, 1.807) is 29.8 Å². The van der Waals surface area contributed by atoms with Gasteiger partial charge in [0, 0.05) is 11.5 Å². The van der Waals surface area contributed by atoms with Crippen molar-refractivity contribution in [1.29, 1.82) is 0 Å². The van der Waals surface area contributed by atoms with Gasteiger partial charge in [0.25, 0.3) is 5.91 Å². The van der Waals surface area contributed by atoms with Crippen LogP contribution in [0.15, 0.2) is 78.9 Å². The Balaban J connectivity index is 1.72. The molecule has 3 rings (SSSR count). The van der Waals surface area contributed by atoms with Crippen LogP contribution in [-0.4, -0.2) is 35.5 Å². The number of amides is 2. The molecule has 0 saturated carbocycles. The van der Waals surface area contributed by atoms with E-state index in [2.05, 4.69) is 5.32 Å². The molecule has 8 heteroatoms. The average Bonchev–Trinajstić information content (AvgIpc) is 2.86. The second-order valence-electron chi connectivity index (χ2n) is 7.50. The van der Waals surface area contributed by atoms with Crippen LogP contribution in [0.4, 0.5) is 10.5 Å². The number of hydrogen-bond acceptors (Lipinski definition) is 6. The Bertz CT molecular complexity index is 1130. The Kier molecular flexibility index (Phi) is 9.45. The van der Waals surface area contributed by atoms with E-state index in [1.807, 2.05) is 48.5 Å². The van der Waals surface area contributed by atoms with Gasteiger partial charge in [-0.1, -0.05) is 54.6 Å². The molecular formula is C26H28N2O6. The number of nitrogens with one attached hydrogen (secondary N) is 2. The van der Waals surface area contributed by atoms with Crippen LogP contribution < -0.4 is 15.5 Å². The number of anilines is 1. The number of unbranched alkanes of at least 4 members (excludes halogenated alkanes) is 1. The standard InChI is InChI=1S/C26H28N2O6/c29-16-17-33-21-11-6-10-20(18-21)24(14-2-1-3-15-25(30)28-32)34-26(31)27-23-13-7-9-19-8-4-5-12-22(19)23/h3-13,15,18,24,29,32H,1-2,14,16-17H2,(H,27,31)(H,28,30)/b15-3+/t24-/m1/s1. The summed E-state index contributed by atoms with van der Waals surface area (Å²) in [5.41, 5.74) is 2.94. The SMILES string of the molecule is O=C(/C=C/CCC[C@@H](OC(=O)Nc1cccc2ccccc12)c1cccc(OCCO)c1)NO. The summed E-state index contributed by atoms with van der Waals surface area (Å²) in [7, 11) is 0. The van der Waals surface area contributed by atoms with Crippen LogP contribution in [0.3, 0.4) is 0 Å². The van der Waals surface area contributed by atoms with Crippen LogP contribution in [0.1, 0.15) is 30.9 Å². The molecule has 0 aliphatic heterocycles. The predicted octanol–water partition coefficient (Wildman–Crippen LogP) is 4.73. The van der Waals surface area contributed by atoms with Gasteiger partial charge < -0.3 is 14.6 Å². The van der Waals surface area contributed by atoms with Crippen molar-refractivity contribution in [1.82, 2.24) is 5.48 Å². The van der Waals surface area contributed by atoms with Gasteiger partial charge in [-0.05, 0) is 48.4 Å². The number of fused-ring (bicyclic) bond motifs is 1. The molecule has 0 bridgehead atoms. The van der Waals surface area contributed by atoms with Gasteiger partial charge in [0.05, 0.1) is 12.3 Å². The molecule has 0 heterocycles. The smallest absolute Gasteiger partial charge is 0.412 e. The quantitative estimate of drug-likeness (QED) is 0.141. The van der Waals surface area contributed by atoms with Crippen molar-refractivity contribution in [3.05, 3.63) is 84.4 Å². The lowest BCUT2D eigenvalue weighted by atomic mass is 10.0. The molecule has 1 atom stereocenters. The highest BCUT2D eigenvalue weighted by Crippen LogP contribution is 2.29. The van der Waals surface area contributed by atoms with E-state index in [9.17, 15) is 9.59 Å². The molecule has 0 fully saturated rings. The maximum atomic E-state index is 12.8. The number of ether oxygens (including phenoxy) is 2. The molecule has 0 aromatic heterocycles. The van der Waals surface area contributed by atoms with Crippen LogP contribution in [-0.2, 0) is 9.53 Å². The summed E-state index contributed by atoms with van der Waals surface area (Å²) in [5.74, 6) is -0.0369. The predicted molar refractivity (Wildman–Crippen MR) is 129 cm³/mol. The zero-order chi connectivity index (χ0) is 24.2. The summed E-state index contributed by atoms with van der Waals surface area (Å²) in [6.45, 7) is 0.0552. The molecule has 0 spiro atoms. The fourth-order valence-electron chi connectivity index (χ4n) is 3.51. The third-order valence-corrected chi connectivity index (χ3v) is 5.08. The monoisotopic (exact) mass is 464 g/mol.